The third-order valence-electron chi connectivity index (χ3n) is 4.09. The highest BCUT2D eigenvalue weighted by Crippen LogP contribution is 2.62. The van der Waals surface area contributed by atoms with E-state index in [1.165, 1.54) is 12.8 Å². The summed E-state index contributed by atoms with van der Waals surface area (Å²) in [4.78, 5) is 4.85. The molecular weight excluding hydrogens is 166 g/mol. The molecule has 2 aliphatic rings. The summed E-state index contributed by atoms with van der Waals surface area (Å²) in [6.45, 7) is 4.90. The highest BCUT2D eigenvalue weighted by atomic mass is 16.6. The Labute approximate surface area is 79.5 Å². The molecule has 0 aromatic rings. The number of rotatable bonds is 3. The van der Waals surface area contributed by atoms with Gasteiger partial charge in [-0.1, -0.05) is 6.92 Å². The number of ether oxygens (including phenoxy) is 1. The van der Waals surface area contributed by atoms with E-state index in [2.05, 4.69) is 6.92 Å². The Kier molecular flexibility index (Phi) is 2.34. The maximum Gasteiger partial charge on any atom is 0.0740 e. The minimum Gasteiger partial charge on any atom is -0.381 e. The normalized spacial score (nSPS) is 30.0. The summed E-state index contributed by atoms with van der Waals surface area (Å²) in [5, 5.41) is 0. The molecule has 2 N–H and O–H groups in total. The Balaban J connectivity index is 2.04. The fourth-order valence-corrected chi connectivity index (χ4v) is 2.58. The van der Waals surface area contributed by atoms with Gasteiger partial charge in [0.05, 0.1) is 6.61 Å². The molecule has 0 aromatic heterocycles. The summed E-state index contributed by atoms with van der Waals surface area (Å²) in [6.07, 6.45) is 4.88. The van der Waals surface area contributed by atoms with Crippen molar-refractivity contribution in [3.05, 3.63) is 0 Å². The van der Waals surface area contributed by atoms with Gasteiger partial charge in [0.15, 0.2) is 0 Å². The molecule has 0 aromatic carbocycles. The lowest BCUT2D eigenvalue weighted by atomic mass is 9.69. The minimum absolute atomic E-state index is 0.380. The second kappa shape index (κ2) is 3.23. The molecule has 76 valence electrons. The Morgan fingerprint density at radius 1 is 1.23 bits per heavy atom. The largest absolute Gasteiger partial charge is 0.381 e. The fourth-order valence-electron chi connectivity index (χ4n) is 2.58. The monoisotopic (exact) mass is 185 g/mol. The number of nitrogens with two attached hydrogens (primary N) is 1. The zero-order valence-corrected chi connectivity index (χ0v) is 8.34. The van der Waals surface area contributed by atoms with E-state index < -0.39 is 0 Å². The van der Waals surface area contributed by atoms with Crippen LogP contribution in [0.15, 0.2) is 0 Å². The van der Waals surface area contributed by atoms with Crippen molar-refractivity contribution in [1.82, 2.24) is 0 Å². The van der Waals surface area contributed by atoms with E-state index in [1.54, 1.807) is 0 Å². The Bertz CT molecular complexity index is 183. The molecule has 1 aliphatic heterocycles. The zero-order valence-electron chi connectivity index (χ0n) is 8.34. The lowest BCUT2D eigenvalue weighted by Gasteiger charge is -2.40. The van der Waals surface area contributed by atoms with E-state index in [0.29, 0.717) is 10.8 Å². The van der Waals surface area contributed by atoms with E-state index in [1.807, 2.05) is 0 Å². The molecule has 0 radical (unpaired) electrons. The molecule has 1 saturated heterocycles. The average Bonchev–Trinajstić information content (AvgIpc) is 2.88. The SMILES string of the molecule is CC1(C2(CON)CC2)CCOCC1. The van der Waals surface area contributed by atoms with Gasteiger partial charge >= 0.3 is 0 Å². The van der Waals surface area contributed by atoms with E-state index in [9.17, 15) is 0 Å². The van der Waals surface area contributed by atoms with Crippen molar-refractivity contribution in [2.45, 2.75) is 32.6 Å². The van der Waals surface area contributed by atoms with Gasteiger partial charge in [-0.3, -0.25) is 0 Å². The van der Waals surface area contributed by atoms with E-state index in [-0.39, 0.29) is 0 Å². The van der Waals surface area contributed by atoms with Crippen LogP contribution < -0.4 is 5.90 Å². The van der Waals surface area contributed by atoms with Crippen molar-refractivity contribution in [3.63, 3.8) is 0 Å². The van der Waals surface area contributed by atoms with Gasteiger partial charge in [-0.25, -0.2) is 5.90 Å². The van der Waals surface area contributed by atoms with Gasteiger partial charge in [0.25, 0.3) is 0 Å². The molecule has 0 spiro atoms. The molecule has 13 heavy (non-hydrogen) atoms. The van der Waals surface area contributed by atoms with Crippen LogP contribution in [0.1, 0.15) is 32.6 Å². The first-order valence-corrected chi connectivity index (χ1v) is 5.12. The Morgan fingerprint density at radius 3 is 2.31 bits per heavy atom. The van der Waals surface area contributed by atoms with Crippen LogP contribution in [0.25, 0.3) is 0 Å². The highest BCUT2D eigenvalue weighted by Gasteiger charge is 2.56. The first kappa shape index (κ1) is 9.44. The highest BCUT2D eigenvalue weighted by molar-refractivity contribution is 5.05. The molecule has 0 atom stereocenters. The topological polar surface area (TPSA) is 44.5 Å². The van der Waals surface area contributed by atoms with Gasteiger partial charge < -0.3 is 9.57 Å². The average molecular weight is 185 g/mol. The smallest absolute Gasteiger partial charge is 0.0740 e. The number of hydrogen-bond donors (Lipinski definition) is 1. The molecular formula is C10H19NO2. The Hall–Kier alpha value is -0.120. The quantitative estimate of drug-likeness (QED) is 0.677. The summed E-state index contributed by atoms with van der Waals surface area (Å²) in [6, 6.07) is 0. The van der Waals surface area contributed by atoms with Crippen molar-refractivity contribution < 1.29 is 9.57 Å². The van der Waals surface area contributed by atoms with E-state index in [0.717, 1.165) is 32.7 Å². The van der Waals surface area contributed by atoms with Crippen molar-refractivity contribution in [1.29, 1.82) is 0 Å². The minimum atomic E-state index is 0.380. The Morgan fingerprint density at radius 2 is 1.85 bits per heavy atom. The van der Waals surface area contributed by atoms with Crippen LogP contribution in [0.4, 0.5) is 0 Å². The van der Waals surface area contributed by atoms with Crippen LogP contribution >= 0.6 is 0 Å². The van der Waals surface area contributed by atoms with Crippen LogP contribution in [0, 0.1) is 10.8 Å². The number of hydrogen-bond acceptors (Lipinski definition) is 3. The third-order valence-corrected chi connectivity index (χ3v) is 4.09. The van der Waals surface area contributed by atoms with Gasteiger partial charge in [0.2, 0.25) is 0 Å². The van der Waals surface area contributed by atoms with Crippen LogP contribution in [0.5, 0.6) is 0 Å². The second-order valence-corrected chi connectivity index (χ2v) is 4.76. The lowest BCUT2D eigenvalue weighted by molar-refractivity contribution is -0.0490. The first-order valence-electron chi connectivity index (χ1n) is 5.12. The predicted molar refractivity (Wildman–Crippen MR) is 50.0 cm³/mol. The van der Waals surface area contributed by atoms with Gasteiger partial charge in [0, 0.05) is 18.6 Å². The summed E-state index contributed by atoms with van der Waals surface area (Å²) in [7, 11) is 0. The van der Waals surface area contributed by atoms with Crippen LogP contribution in [-0.4, -0.2) is 19.8 Å². The van der Waals surface area contributed by atoms with E-state index >= 15 is 0 Å². The van der Waals surface area contributed by atoms with Crippen molar-refractivity contribution in [2.75, 3.05) is 19.8 Å². The van der Waals surface area contributed by atoms with Crippen LogP contribution in [-0.2, 0) is 9.57 Å². The van der Waals surface area contributed by atoms with Gasteiger partial charge in [-0.2, -0.15) is 0 Å². The first-order chi connectivity index (χ1) is 6.22. The van der Waals surface area contributed by atoms with Gasteiger partial charge in [0.1, 0.15) is 0 Å². The maximum atomic E-state index is 5.39. The molecule has 2 fully saturated rings. The summed E-state index contributed by atoms with van der Waals surface area (Å²) < 4.78 is 5.39. The van der Waals surface area contributed by atoms with Crippen molar-refractivity contribution in [2.24, 2.45) is 16.7 Å². The molecule has 3 nitrogen and oxygen atoms in total. The molecule has 0 bridgehead atoms. The zero-order chi connectivity index (χ0) is 9.36. The molecule has 1 aliphatic carbocycles. The standard InChI is InChI=1S/C10H19NO2/c1-9(4-6-12-7-5-9)10(2-3-10)8-13-11/h2-8,11H2,1H3. The van der Waals surface area contributed by atoms with Gasteiger partial charge in [-0.15, -0.1) is 0 Å². The summed E-state index contributed by atoms with van der Waals surface area (Å²) in [5.41, 5.74) is 0.788. The molecule has 3 heteroatoms. The summed E-state index contributed by atoms with van der Waals surface area (Å²) in [5.74, 6) is 5.19. The summed E-state index contributed by atoms with van der Waals surface area (Å²) >= 11 is 0. The van der Waals surface area contributed by atoms with Crippen molar-refractivity contribution in [3.8, 4) is 0 Å². The van der Waals surface area contributed by atoms with E-state index in [4.69, 9.17) is 15.5 Å². The van der Waals surface area contributed by atoms with Crippen LogP contribution in [0.3, 0.4) is 0 Å². The predicted octanol–water partition coefficient (Wildman–Crippen LogP) is 1.47. The molecule has 0 unspecified atom stereocenters. The van der Waals surface area contributed by atoms with Crippen molar-refractivity contribution >= 4 is 0 Å². The second-order valence-electron chi connectivity index (χ2n) is 4.76. The van der Waals surface area contributed by atoms with Gasteiger partial charge in [-0.05, 0) is 31.1 Å². The molecule has 1 heterocycles. The molecule has 1 saturated carbocycles. The molecule has 0 amide bonds. The third kappa shape index (κ3) is 1.49. The fraction of sp³-hybridized carbons (Fsp3) is 1.00. The maximum absolute atomic E-state index is 5.39. The molecule has 2 rings (SSSR count). The van der Waals surface area contributed by atoms with Crippen LogP contribution in [0.2, 0.25) is 0 Å². The lowest BCUT2D eigenvalue weighted by Crippen LogP contribution is -2.38.